The molecule has 1 aromatic rings. The number of nitrogens with zero attached hydrogens (tertiary/aromatic N) is 4. The molecule has 5 nitrogen and oxygen atoms in total. The predicted octanol–water partition coefficient (Wildman–Crippen LogP) is 2.89. The Balaban J connectivity index is 1.47. The fraction of sp³-hybridized carbons (Fsp3) is 0.696. The summed E-state index contributed by atoms with van der Waals surface area (Å²) in [5.74, 6) is 1.85. The number of nitrogens with one attached hydrogen (secondary N) is 1. The van der Waals surface area contributed by atoms with E-state index >= 15 is 0 Å². The van der Waals surface area contributed by atoms with Crippen LogP contribution in [0.4, 0.5) is 0 Å². The standard InChI is InChI=1S/C23H39N5/c1-4-26(5-2)17-21-13-15-28(19-21)23(24-3)25-16-22-12-9-14-27(22)18-20-10-7-6-8-11-20/h6-8,10-11,21-22H,4-5,9,12-19H2,1-3H3,(H,24,25). The fourth-order valence-corrected chi connectivity index (χ4v) is 4.71. The van der Waals surface area contributed by atoms with Crippen molar-refractivity contribution in [2.75, 3.05) is 52.9 Å². The van der Waals surface area contributed by atoms with Gasteiger partial charge in [0, 0.05) is 45.8 Å². The van der Waals surface area contributed by atoms with Gasteiger partial charge in [0.25, 0.3) is 0 Å². The van der Waals surface area contributed by atoms with Crippen molar-refractivity contribution in [1.29, 1.82) is 0 Å². The Morgan fingerprint density at radius 2 is 1.93 bits per heavy atom. The molecule has 2 atom stereocenters. The lowest BCUT2D eigenvalue weighted by molar-refractivity contribution is 0.242. The van der Waals surface area contributed by atoms with E-state index in [1.807, 2.05) is 7.05 Å². The molecule has 1 N–H and O–H groups in total. The van der Waals surface area contributed by atoms with Crippen molar-refractivity contribution in [1.82, 2.24) is 20.0 Å². The smallest absolute Gasteiger partial charge is 0.193 e. The molecule has 3 rings (SSSR count). The van der Waals surface area contributed by atoms with Crippen LogP contribution in [0.3, 0.4) is 0 Å². The van der Waals surface area contributed by atoms with Crippen molar-refractivity contribution < 1.29 is 0 Å². The van der Waals surface area contributed by atoms with Crippen LogP contribution in [-0.2, 0) is 6.54 Å². The third-order valence-corrected chi connectivity index (χ3v) is 6.43. The molecule has 0 saturated carbocycles. The number of benzene rings is 1. The van der Waals surface area contributed by atoms with E-state index in [2.05, 4.69) is 69.2 Å². The van der Waals surface area contributed by atoms with Gasteiger partial charge in [-0.05, 0) is 50.4 Å². The van der Waals surface area contributed by atoms with E-state index in [4.69, 9.17) is 0 Å². The summed E-state index contributed by atoms with van der Waals surface area (Å²) in [7, 11) is 1.93. The minimum Gasteiger partial charge on any atom is -0.355 e. The van der Waals surface area contributed by atoms with Gasteiger partial charge in [-0.25, -0.2) is 0 Å². The summed E-state index contributed by atoms with van der Waals surface area (Å²) >= 11 is 0. The molecule has 2 saturated heterocycles. The second kappa shape index (κ2) is 10.8. The molecule has 2 aliphatic heterocycles. The molecule has 2 fully saturated rings. The summed E-state index contributed by atoms with van der Waals surface area (Å²) in [5, 5.41) is 3.69. The molecular formula is C23H39N5. The Morgan fingerprint density at radius 1 is 1.14 bits per heavy atom. The highest BCUT2D eigenvalue weighted by Gasteiger charge is 2.28. The molecule has 0 amide bonds. The van der Waals surface area contributed by atoms with Crippen LogP contribution in [0.1, 0.15) is 38.7 Å². The lowest BCUT2D eigenvalue weighted by Crippen LogP contribution is -2.46. The highest BCUT2D eigenvalue weighted by Crippen LogP contribution is 2.21. The first kappa shape index (κ1) is 21.1. The van der Waals surface area contributed by atoms with Crippen LogP contribution < -0.4 is 5.32 Å². The fourth-order valence-electron chi connectivity index (χ4n) is 4.71. The van der Waals surface area contributed by atoms with Gasteiger partial charge in [0.2, 0.25) is 0 Å². The second-order valence-corrected chi connectivity index (χ2v) is 8.27. The maximum atomic E-state index is 4.59. The van der Waals surface area contributed by atoms with E-state index in [0.717, 1.165) is 51.1 Å². The zero-order valence-corrected chi connectivity index (χ0v) is 18.1. The number of aliphatic imine (C=N–C) groups is 1. The zero-order chi connectivity index (χ0) is 19.8. The molecule has 0 aromatic heterocycles. The van der Waals surface area contributed by atoms with Crippen LogP contribution in [-0.4, -0.2) is 79.6 Å². The van der Waals surface area contributed by atoms with E-state index in [1.165, 1.54) is 37.9 Å². The van der Waals surface area contributed by atoms with Crippen LogP contribution in [0.2, 0.25) is 0 Å². The first-order valence-electron chi connectivity index (χ1n) is 11.2. The molecule has 0 radical (unpaired) electrons. The van der Waals surface area contributed by atoms with Gasteiger partial charge in [0.1, 0.15) is 0 Å². The number of hydrogen-bond acceptors (Lipinski definition) is 3. The van der Waals surface area contributed by atoms with Crippen LogP contribution in [0, 0.1) is 5.92 Å². The summed E-state index contributed by atoms with van der Waals surface area (Å²) in [5.41, 5.74) is 1.41. The monoisotopic (exact) mass is 385 g/mol. The first-order valence-corrected chi connectivity index (χ1v) is 11.2. The zero-order valence-electron chi connectivity index (χ0n) is 18.1. The van der Waals surface area contributed by atoms with E-state index < -0.39 is 0 Å². The normalized spacial score (nSPS) is 23.7. The first-order chi connectivity index (χ1) is 13.7. The average molecular weight is 386 g/mol. The molecule has 28 heavy (non-hydrogen) atoms. The maximum absolute atomic E-state index is 4.59. The maximum Gasteiger partial charge on any atom is 0.193 e. The van der Waals surface area contributed by atoms with Crippen molar-refractivity contribution in [3.8, 4) is 0 Å². The summed E-state index contributed by atoms with van der Waals surface area (Å²) in [6.45, 7) is 13.6. The molecule has 0 bridgehead atoms. The number of hydrogen-bond donors (Lipinski definition) is 1. The summed E-state index contributed by atoms with van der Waals surface area (Å²) < 4.78 is 0. The van der Waals surface area contributed by atoms with Crippen LogP contribution in [0.15, 0.2) is 35.3 Å². The highest BCUT2D eigenvalue weighted by atomic mass is 15.3. The van der Waals surface area contributed by atoms with Crippen LogP contribution in [0.25, 0.3) is 0 Å². The predicted molar refractivity (Wildman–Crippen MR) is 119 cm³/mol. The van der Waals surface area contributed by atoms with Gasteiger partial charge < -0.3 is 15.1 Å². The Bertz CT molecular complexity index is 598. The SMILES string of the molecule is CCN(CC)CC1CCN(C(=NC)NCC2CCCN2Cc2ccccc2)C1. The summed E-state index contributed by atoms with van der Waals surface area (Å²) in [6, 6.07) is 11.5. The van der Waals surface area contributed by atoms with Crippen molar-refractivity contribution in [2.45, 2.75) is 45.7 Å². The molecule has 0 aliphatic carbocycles. The van der Waals surface area contributed by atoms with Crippen LogP contribution in [0.5, 0.6) is 0 Å². The lowest BCUT2D eigenvalue weighted by Gasteiger charge is -2.28. The largest absolute Gasteiger partial charge is 0.355 e. The van der Waals surface area contributed by atoms with Crippen molar-refractivity contribution >= 4 is 5.96 Å². The molecular weight excluding hydrogens is 346 g/mol. The highest BCUT2D eigenvalue weighted by molar-refractivity contribution is 5.80. The minimum atomic E-state index is 0.603. The third-order valence-electron chi connectivity index (χ3n) is 6.43. The van der Waals surface area contributed by atoms with Crippen molar-refractivity contribution in [3.63, 3.8) is 0 Å². The van der Waals surface area contributed by atoms with Gasteiger partial charge in [-0.15, -0.1) is 0 Å². The Morgan fingerprint density at radius 3 is 2.64 bits per heavy atom. The molecule has 5 heteroatoms. The van der Waals surface area contributed by atoms with E-state index in [0.29, 0.717) is 6.04 Å². The van der Waals surface area contributed by atoms with Crippen molar-refractivity contribution in [2.24, 2.45) is 10.9 Å². The quantitative estimate of drug-likeness (QED) is 0.551. The minimum absolute atomic E-state index is 0.603. The van der Waals surface area contributed by atoms with E-state index in [9.17, 15) is 0 Å². The van der Waals surface area contributed by atoms with Gasteiger partial charge in [0.15, 0.2) is 5.96 Å². The Kier molecular flexibility index (Phi) is 8.16. The van der Waals surface area contributed by atoms with Gasteiger partial charge in [-0.1, -0.05) is 44.2 Å². The molecule has 1 aromatic carbocycles. The third kappa shape index (κ3) is 5.71. The summed E-state index contributed by atoms with van der Waals surface area (Å²) in [4.78, 5) is 12.2. The summed E-state index contributed by atoms with van der Waals surface area (Å²) in [6.07, 6.45) is 3.86. The molecule has 2 aliphatic rings. The van der Waals surface area contributed by atoms with Crippen LogP contribution >= 0.6 is 0 Å². The molecule has 2 unspecified atom stereocenters. The van der Waals surface area contributed by atoms with Gasteiger partial charge in [-0.3, -0.25) is 9.89 Å². The average Bonchev–Trinajstić information content (AvgIpc) is 3.37. The Hall–Kier alpha value is -1.59. The molecule has 0 spiro atoms. The van der Waals surface area contributed by atoms with Gasteiger partial charge in [0.05, 0.1) is 0 Å². The number of rotatable bonds is 8. The lowest BCUT2D eigenvalue weighted by atomic mass is 10.1. The van der Waals surface area contributed by atoms with E-state index in [1.54, 1.807) is 0 Å². The second-order valence-electron chi connectivity index (χ2n) is 8.27. The topological polar surface area (TPSA) is 34.1 Å². The Labute approximate surface area is 171 Å². The number of likely N-dealkylation sites (tertiary alicyclic amines) is 2. The van der Waals surface area contributed by atoms with Gasteiger partial charge >= 0.3 is 0 Å². The number of guanidine groups is 1. The molecule has 2 heterocycles. The van der Waals surface area contributed by atoms with Crippen molar-refractivity contribution in [3.05, 3.63) is 35.9 Å². The molecule has 156 valence electrons. The van der Waals surface area contributed by atoms with E-state index in [-0.39, 0.29) is 0 Å². The van der Waals surface area contributed by atoms with Gasteiger partial charge in [-0.2, -0.15) is 0 Å².